The average Bonchev–Trinajstić information content (AvgIpc) is 2.74. The number of nitrogens with zero attached hydrogens (tertiary/aromatic N) is 3. The molecule has 1 amide bonds. The van der Waals surface area contributed by atoms with Gasteiger partial charge in [0.25, 0.3) is 5.91 Å². The summed E-state index contributed by atoms with van der Waals surface area (Å²) in [5, 5.41) is 0. The second-order valence-electron chi connectivity index (χ2n) is 6.85. The van der Waals surface area contributed by atoms with E-state index in [1.54, 1.807) is 49.1 Å². The highest BCUT2D eigenvalue weighted by Gasteiger charge is 2.26. The van der Waals surface area contributed by atoms with Gasteiger partial charge >= 0.3 is 0 Å². The largest absolute Gasteiger partial charge is 0.366 e. The van der Waals surface area contributed by atoms with E-state index in [0.29, 0.717) is 50.5 Å². The van der Waals surface area contributed by atoms with Gasteiger partial charge in [0.15, 0.2) is 0 Å². The summed E-state index contributed by atoms with van der Waals surface area (Å²) in [6.07, 6.45) is 0. The monoisotopic (exact) mass is 419 g/mol. The molecule has 2 aromatic carbocycles. The third kappa shape index (κ3) is 4.43. The summed E-state index contributed by atoms with van der Waals surface area (Å²) >= 11 is 0. The molecule has 156 valence electrons. The number of anilines is 1. The van der Waals surface area contributed by atoms with Crippen molar-refractivity contribution in [3.05, 3.63) is 59.9 Å². The van der Waals surface area contributed by atoms with E-state index < -0.39 is 10.0 Å². The highest BCUT2D eigenvalue weighted by atomic mass is 32.2. The van der Waals surface area contributed by atoms with Crippen molar-refractivity contribution in [2.75, 3.05) is 44.2 Å². The molecule has 1 fully saturated rings. The molecule has 0 saturated carbocycles. The molecule has 0 spiro atoms. The van der Waals surface area contributed by atoms with Crippen LogP contribution in [0.25, 0.3) is 0 Å². The van der Waals surface area contributed by atoms with Crippen molar-refractivity contribution in [2.24, 2.45) is 0 Å². The summed E-state index contributed by atoms with van der Waals surface area (Å²) < 4.78 is 40.8. The maximum absolute atomic E-state index is 14.0. The summed E-state index contributed by atoms with van der Waals surface area (Å²) in [5.74, 6) is -0.489. The van der Waals surface area contributed by atoms with E-state index in [9.17, 15) is 17.6 Å². The molecule has 0 aromatic heterocycles. The molecule has 0 aliphatic carbocycles. The standard InChI is InChI=1S/C21H26FN3O3S/c1-3-25(4-2)29(27,28)18-9-7-8-17(16-18)21(26)24-14-12-23(13-15-24)20-11-6-5-10-19(20)22/h5-11,16H,3-4,12-15H2,1-2H3. The number of carbonyl (C=O) groups is 1. The fourth-order valence-electron chi connectivity index (χ4n) is 3.54. The number of amides is 1. The van der Waals surface area contributed by atoms with Crippen molar-refractivity contribution in [3.8, 4) is 0 Å². The third-order valence-electron chi connectivity index (χ3n) is 5.18. The second-order valence-corrected chi connectivity index (χ2v) is 8.79. The number of hydrogen-bond acceptors (Lipinski definition) is 4. The molecule has 29 heavy (non-hydrogen) atoms. The summed E-state index contributed by atoms with van der Waals surface area (Å²) in [7, 11) is -3.62. The molecular weight excluding hydrogens is 393 g/mol. The first-order chi connectivity index (χ1) is 13.9. The van der Waals surface area contributed by atoms with E-state index in [0.717, 1.165) is 0 Å². The molecule has 0 atom stereocenters. The lowest BCUT2D eigenvalue weighted by atomic mass is 10.1. The van der Waals surface area contributed by atoms with E-state index in [4.69, 9.17) is 0 Å². The van der Waals surface area contributed by atoms with Crippen LogP contribution >= 0.6 is 0 Å². The Morgan fingerprint density at radius 3 is 2.28 bits per heavy atom. The fraction of sp³-hybridized carbons (Fsp3) is 0.381. The van der Waals surface area contributed by atoms with Gasteiger partial charge in [-0.15, -0.1) is 0 Å². The first kappa shape index (κ1) is 21.3. The van der Waals surface area contributed by atoms with E-state index in [1.807, 2.05) is 4.90 Å². The van der Waals surface area contributed by atoms with Crippen molar-refractivity contribution in [2.45, 2.75) is 18.7 Å². The van der Waals surface area contributed by atoms with Crippen molar-refractivity contribution < 1.29 is 17.6 Å². The minimum absolute atomic E-state index is 0.122. The van der Waals surface area contributed by atoms with Gasteiger partial charge in [-0.05, 0) is 30.3 Å². The number of rotatable bonds is 6. The Bertz CT molecular complexity index is 969. The summed E-state index contributed by atoms with van der Waals surface area (Å²) in [4.78, 5) is 16.6. The van der Waals surface area contributed by atoms with Crippen molar-refractivity contribution in [3.63, 3.8) is 0 Å². The van der Waals surface area contributed by atoms with Crippen LogP contribution in [0.4, 0.5) is 10.1 Å². The molecule has 6 nitrogen and oxygen atoms in total. The smallest absolute Gasteiger partial charge is 0.254 e. The molecular formula is C21H26FN3O3S. The summed E-state index contributed by atoms with van der Waals surface area (Å²) in [5.41, 5.74) is 0.879. The van der Waals surface area contributed by atoms with Crippen LogP contribution in [0.15, 0.2) is 53.4 Å². The quantitative estimate of drug-likeness (QED) is 0.723. The summed E-state index contributed by atoms with van der Waals surface area (Å²) in [6.45, 7) is 6.23. The normalized spacial score (nSPS) is 15.0. The van der Waals surface area contributed by atoms with Crippen molar-refractivity contribution in [1.29, 1.82) is 0 Å². The summed E-state index contributed by atoms with van der Waals surface area (Å²) in [6, 6.07) is 12.8. The SMILES string of the molecule is CCN(CC)S(=O)(=O)c1cccc(C(=O)N2CCN(c3ccccc3F)CC2)c1. The number of halogens is 1. The number of sulfonamides is 1. The van der Waals surface area contributed by atoms with Crippen molar-refractivity contribution in [1.82, 2.24) is 9.21 Å². The minimum atomic E-state index is -3.62. The first-order valence-corrected chi connectivity index (χ1v) is 11.2. The Kier molecular flexibility index (Phi) is 6.54. The molecule has 0 radical (unpaired) electrons. The van der Waals surface area contributed by atoms with E-state index in [1.165, 1.54) is 22.5 Å². The topological polar surface area (TPSA) is 60.9 Å². The molecule has 0 unspecified atom stereocenters. The lowest BCUT2D eigenvalue weighted by Gasteiger charge is -2.36. The zero-order valence-electron chi connectivity index (χ0n) is 16.7. The van der Waals surface area contributed by atoms with Gasteiger partial charge in [-0.3, -0.25) is 4.79 Å². The predicted molar refractivity (Wildman–Crippen MR) is 111 cm³/mol. The maximum Gasteiger partial charge on any atom is 0.254 e. The zero-order chi connectivity index (χ0) is 21.0. The maximum atomic E-state index is 14.0. The third-order valence-corrected chi connectivity index (χ3v) is 7.23. The van der Waals surface area contributed by atoms with Gasteiger partial charge in [0.05, 0.1) is 10.6 Å². The Balaban J connectivity index is 1.73. The highest BCUT2D eigenvalue weighted by molar-refractivity contribution is 7.89. The number of hydrogen-bond donors (Lipinski definition) is 0. The Morgan fingerprint density at radius 1 is 1.00 bits per heavy atom. The van der Waals surface area contributed by atoms with Gasteiger partial charge in [0.1, 0.15) is 5.82 Å². The number of carbonyl (C=O) groups excluding carboxylic acids is 1. The minimum Gasteiger partial charge on any atom is -0.366 e. The number of piperazine rings is 1. The van der Waals surface area contributed by atoms with E-state index >= 15 is 0 Å². The lowest BCUT2D eigenvalue weighted by Crippen LogP contribution is -2.49. The van der Waals surface area contributed by atoms with E-state index in [2.05, 4.69) is 0 Å². The molecule has 1 heterocycles. The zero-order valence-corrected chi connectivity index (χ0v) is 17.5. The lowest BCUT2D eigenvalue weighted by molar-refractivity contribution is 0.0746. The van der Waals surface area contributed by atoms with Crippen LogP contribution in [-0.2, 0) is 10.0 Å². The molecule has 2 aromatic rings. The van der Waals surface area contributed by atoms with Crippen LogP contribution < -0.4 is 4.90 Å². The molecule has 1 aliphatic heterocycles. The van der Waals surface area contributed by atoms with Crippen LogP contribution in [0.1, 0.15) is 24.2 Å². The Hall–Kier alpha value is -2.45. The van der Waals surface area contributed by atoms with Crippen LogP contribution in [0, 0.1) is 5.82 Å². The molecule has 8 heteroatoms. The molecule has 0 bridgehead atoms. The van der Waals surface area contributed by atoms with Crippen LogP contribution in [0.3, 0.4) is 0 Å². The van der Waals surface area contributed by atoms with Crippen molar-refractivity contribution >= 4 is 21.6 Å². The van der Waals surface area contributed by atoms with Crippen LogP contribution in [-0.4, -0.2) is 62.8 Å². The fourth-order valence-corrected chi connectivity index (χ4v) is 5.05. The van der Waals surface area contributed by atoms with Crippen LogP contribution in [0.2, 0.25) is 0 Å². The van der Waals surface area contributed by atoms with Gasteiger partial charge in [0.2, 0.25) is 10.0 Å². The number of benzene rings is 2. The van der Waals surface area contributed by atoms with Gasteiger partial charge in [-0.2, -0.15) is 4.31 Å². The second kappa shape index (κ2) is 8.92. The van der Waals surface area contributed by atoms with Gasteiger partial charge in [0, 0.05) is 44.8 Å². The molecule has 0 N–H and O–H groups in total. The van der Waals surface area contributed by atoms with Gasteiger partial charge in [-0.25, -0.2) is 12.8 Å². The highest BCUT2D eigenvalue weighted by Crippen LogP contribution is 2.22. The molecule has 1 aliphatic rings. The van der Waals surface area contributed by atoms with Gasteiger partial charge in [-0.1, -0.05) is 32.0 Å². The van der Waals surface area contributed by atoms with Gasteiger partial charge < -0.3 is 9.80 Å². The first-order valence-electron chi connectivity index (χ1n) is 9.77. The van der Waals surface area contributed by atoms with Crippen LogP contribution in [0.5, 0.6) is 0 Å². The number of para-hydroxylation sites is 1. The molecule has 1 saturated heterocycles. The average molecular weight is 420 g/mol. The van der Waals surface area contributed by atoms with E-state index in [-0.39, 0.29) is 16.6 Å². The molecule has 3 rings (SSSR count). The Morgan fingerprint density at radius 2 is 1.66 bits per heavy atom. The Labute approximate surface area is 171 Å². The predicted octanol–water partition coefficient (Wildman–Crippen LogP) is 2.82.